The molecule has 2 nitrogen and oxygen atoms in total. The lowest BCUT2D eigenvalue weighted by atomic mass is 10.1. The lowest BCUT2D eigenvalue weighted by Gasteiger charge is -2.08. The van der Waals surface area contributed by atoms with Crippen molar-refractivity contribution < 1.29 is 0 Å². The van der Waals surface area contributed by atoms with Gasteiger partial charge in [0.2, 0.25) is 0 Å². The van der Waals surface area contributed by atoms with Gasteiger partial charge in [-0.3, -0.25) is 0 Å². The average molecular weight is 168 g/mol. The van der Waals surface area contributed by atoms with E-state index in [2.05, 4.69) is 4.98 Å². The smallest absolute Gasteiger partial charge is 0.103 e. The highest BCUT2D eigenvalue weighted by molar-refractivity contribution is 7.71. The number of H-pyrrole nitrogens is 1. The van der Waals surface area contributed by atoms with Crippen LogP contribution in [-0.4, -0.2) is 4.98 Å². The normalized spacial score (nSPS) is 13.0. The Morgan fingerprint density at radius 3 is 2.64 bits per heavy atom. The number of pyridine rings is 1. The standard InChI is InChI=1S/C8H12N2S/c1-5(9)7-3-4-8(11)10-6(7)2/h3-5H,9H2,1-2H3,(H,10,11)/t5-/m1/s1. The fraction of sp³-hybridized carbons (Fsp3) is 0.375. The first-order valence-electron chi connectivity index (χ1n) is 3.56. The van der Waals surface area contributed by atoms with E-state index in [1.54, 1.807) is 0 Å². The molecule has 0 spiro atoms. The molecule has 3 heteroatoms. The summed E-state index contributed by atoms with van der Waals surface area (Å²) in [6.07, 6.45) is 0. The first-order chi connectivity index (χ1) is 5.11. The van der Waals surface area contributed by atoms with E-state index < -0.39 is 0 Å². The van der Waals surface area contributed by atoms with Gasteiger partial charge in [0.25, 0.3) is 0 Å². The summed E-state index contributed by atoms with van der Waals surface area (Å²) in [5.41, 5.74) is 7.90. The van der Waals surface area contributed by atoms with Gasteiger partial charge in [-0.2, -0.15) is 0 Å². The molecule has 0 aromatic carbocycles. The molecule has 60 valence electrons. The molecule has 1 heterocycles. The van der Waals surface area contributed by atoms with Gasteiger partial charge in [0, 0.05) is 11.7 Å². The lowest BCUT2D eigenvalue weighted by Crippen LogP contribution is -2.07. The van der Waals surface area contributed by atoms with E-state index in [4.69, 9.17) is 18.0 Å². The molecule has 1 aromatic rings. The van der Waals surface area contributed by atoms with Crippen LogP contribution in [0.1, 0.15) is 24.2 Å². The van der Waals surface area contributed by atoms with Crippen LogP contribution in [0.3, 0.4) is 0 Å². The molecule has 0 saturated carbocycles. The third kappa shape index (κ3) is 1.88. The van der Waals surface area contributed by atoms with Gasteiger partial charge in [-0.05, 0) is 25.5 Å². The molecular formula is C8H12N2S. The van der Waals surface area contributed by atoms with Crippen molar-refractivity contribution in [1.29, 1.82) is 0 Å². The maximum atomic E-state index is 5.71. The highest BCUT2D eigenvalue weighted by atomic mass is 32.1. The van der Waals surface area contributed by atoms with Crippen molar-refractivity contribution in [2.75, 3.05) is 0 Å². The van der Waals surface area contributed by atoms with E-state index in [1.807, 2.05) is 26.0 Å². The third-order valence-corrected chi connectivity index (χ3v) is 1.89. The first kappa shape index (κ1) is 8.43. The maximum absolute atomic E-state index is 5.71. The predicted molar refractivity (Wildman–Crippen MR) is 49.0 cm³/mol. The van der Waals surface area contributed by atoms with Crippen molar-refractivity contribution in [1.82, 2.24) is 4.98 Å². The molecule has 1 aromatic heterocycles. The van der Waals surface area contributed by atoms with Crippen LogP contribution in [0.25, 0.3) is 0 Å². The van der Waals surface area contributed by atoms with E-state index in [-0.39, 0.29) is 6.04 Å². The summed E-state index contributed by atoms with van der Waals surface area (Å²) >= 11 is 4.95. The minimum absolute atomic E-state index is 0.0712. The Morgan fingerprint density at radius 2 is 2.18 bits per heavy atom. The van der Waals surface area contributed by atoms with Gasteiger partial charge >= 0.3 is 0 Å². The molecule has 0 bridgehead atoms. The molecule has 0 aliphatic heterocycles. The number of hydrogen-bond acceptors (Lipinski definition) is 2. The van der Waals surface area contributed by atoms with Crippen molar-refractivity contribution in [3.8, 4) is 0 Å². The second-order valence-electron chi connectivity index (χ2n) is 2.69. The van der Waals surface area contributed by atoms with Gasteiger partial charge in [-0.1, -0.05) is 18.3 Å². The minimum Gasteiger partial charge on any atom is -0.350 e. The molecule has 0 aliphatic carbocycles. The molecule has 3 N–H and O–H groups in total. The molecule has 1 atom stereocenters. The molecule has 11 heavy (non-hydrogen) atoms. The Hall–Kier alpha value is -0.670. The zero-order chi connectivity index (χ0) is 8.43. The zero-order valence-electron chi connectivity index (χ0n) is 6.72. The summed E-state index contributed by atoms with van der Waals surface area (Å²) in [6.45, 7) is 3.94. The largest absolute Gasteiger partial charge is 0.350 e. The summed E-state index contributed by atoms with van der Waals surface area (Å²) in [4.78, 5) is 3.05. The number of aromatic nitrogens is 1. The van der Waals surface area contributed by atoms with Crippen LogP contribution in [0.2, 0.25) is 0 Å². The van der Waals surface area contributed by atoms with Crippen LogP contribution in [0.4, 0.5) is 0 Å². The van der Waals surface area contributed by atoms with E-state index in [0.29, 0.717) is 0 Å². The van der Waals surface area contributed by atoms with Crippen LogP contribution in [0, 0.1) is 11.6 Å². The van der Waals surface area contributed by atoms with Crippen LogP contribution in [-0.2, 0) is 0 Å². The van der Waals surface area contributed by atoms with Gasteiger partial charge in [0.05, 0.1) is 0 Å². The summed E-state index contributed by atoms with van der Waals surface area (Å²) in [6, 6.07) is 3.90. The van der Waals surface area contributed by atoms with Gasteiger partial charge in [0.15, 0.2) is 0 Å². The Kier molecular flexibility index (Phi) is 2.42. The van der Waals surface area contributed by atoms with Gasteiger partial charge in [-0.15, -0.1) is 0 Å². The first-order valence-corrected chi connectivity index (χ1v) is 3.97. The van der Waals surface area contributed by atoms with Crippen LogP contribution < -0.4 is 5.73 Å². The Labute approximate surface area is 71.4 Å². The van der Waals surface area contributed by atoms with Crippen LogP contribution in [0.15, 0.2) is 12.1 Å². The topological polar surface area (TPSA) is 41.8 Å². The highest BCUT2D eigenvalue weighted by Gasteiger charge is 2.01. The summed E-state index contributed by atoms with van der Waals surface area (Å²) in [5, 5.41) is 0. The Balaban J connectivity index is 3.20. The highest BCUT2D eigenvalue weighted by Crippen LogP contribution is 2.11. The third-order valence-electron chi connectivity index (χ3n) is 1.65. The molecule has 0 amide bonds. The number of nitrogens with one attached hydrogen (secondary N) is 1. The number of aromatic amines is 1. The molecule has 0 fully saturated rings. The van der Waals surface area contributed by atoms with Crippen molar-refractivity contribution in [2.45, 2.75) is 19.9 Å². The molecule has 0 radical (unpaired) electrons. The van der Waals surface area contributed by atoms with Gasteiger partial charge < -0.3 is 10.7 Å². The van der Waals surface area contributed by atoms with E-state index in [9.17, 15) is 0 Å². The molecule has 0 saturated heterocycles. The van der Waals surface area contributed by atoms with Crippen molar-refractivity contribution in [3.63, 3.8) is 0 Å². The van der Waals surface area contributed by atoms with Gasteiger partial charge in [-0.25, -0.2) is 0 Å². The summed E-state index contributed by atoms with van der Waals surface area (Å²) < 4.78 is 0.756. The van der Waals surface area contributed by atoms with E-state index in [0.717, 1.165) is 15.9 Å². The quantitative estimate of drug-likeness (QED) is 0.630. The predicted octanol–water partition coefficient (Wildman–Crippen LogP) is 2.07. The maximum Gasteiger partial charge on any atom is 0.103 e. The molecule has 0 unspecified atom stereocenters. The van der Waals surface area contributed by atoms with Gasteiger partial charge in [0.1, 0.15) is 4.64 Å². The van der Waals surface area contributed by atoms with Crippen molar-refractivity contribution >= 4 is 12.2 Å². The fourth-order valence-corrected chi connectivity index (χ4v) is 1.30. The zero-order valence-corrected chi connectivity index (χ0v) is 7.53. The SMILES string of the molecule is Cc1[nH]c(=S)ccc1[C@@H](C)N. The average Bonchev–Trinajstić information content (AvgIpc) is 1.85. The second kappa shape index (κ2) is 3.15. The number of rotatable bonds is 1. The summed E-state index contributed by atoms with van der Waals surface area (Å²) in [7, 11) is 0. The number of hydrogen-bond donors (Lipinski definition) is 2. The monoisotopic (exact) mass is 168 g/mol. The lowest BCUT2D eigenvalue weighted by molar-refractivity contribution is 0.798. The minimum atomic E-state index is 0.0712. The van der Waals surface area contributed by atoms with E-state index in [1.165, 1.54) is 0 Å². The fourth-order valence-electron chi connectivity index (χ4n) is 1.08. The number of aryl methyl sites for hydroxylation is 1. The van der Waals surface area contributed by atoms with E-state index >= 15 is 0 Å². The van der Waals surface area contributed by atoms with Crippen molar-refractivity contribution in [2.24, 2.45) is 5.73 Å². The Morgan fingerprint density at radius 1 is 1.55 bits per heavy atom. The summed E-state index contributed by atoms with van der Waals surface area (Å²) in [5.74, 6) is 0. The second-order valence-corrected chi connectivity index (χ2v) is 3.13. The number of nitrogens with two attached hydrogens (primary N) is 1. The Bertz CT molecular complexity index is 301. The van der Waals surface area contributed by atoms with Crippen LogP contribution in [0.5, 0.6) is 0 Å². The van der Waals surface area contributed by atoms with Crippen LogP contribution >= 0.6 is 12.2 Å². The molecular weight excluding hydrogens is 156 g/mol. The van der Waals surface area contributed by atoms with Crippen molar-refractivity contribution in [3.05, 3.63) is 28.0 Å². The molecule has 1 rings (SSSR count). The molecule has 0 aliphatic rings.